The molecule has 0 heterocycles. The maximum Gasteiger partial charge on any atom is 0.119 e. The lowest BCUT2D eigenvalue weighted by Crippen LogP contribution is -2.23. The number of hydrogen-bond acceptors (Lipinski definition) is 3. The molecule has 3 heteroatoms. The summed E-state index contributed by atoms with van der Waals surface area (Å²) in [6.45, 7) is 8.38. The van der Waals surface area contributed by atoms with Crippen LogP contribution in [0, 0.1) is 5.92 Å². The molecule has 1 unspecified atom stereocenters. The zero-order valence-corrected chi connectivity index (χ0v) is 13.1. The topological polar surface area (TPSA) is 41.5 Å². The number of ether oxygens (including phenoxy) is 1. The van der Waals surface area contributed by atoms with Crippen molar-refractivity contribution in [2.24, 2.45) is 5.92 Å². The molecule has 2 N–H and O–H groups in total. The summed E-state index contributed by atoms with van der Waals surface area (Å²) in [6, 6.07) is 8.25. The van der Waals surface area contributed by atoms with Gasteiger partial charge in [-0.1, -0.05) is 25.5 Å². The molecule has 0 fully saturated rings. The summed E-state index contributed by atoms with van der Waals surface area (Å²) in [7, 11) is 0. The maximum absolute atomic E-state index is 9.04. The summed E-state index contributed by atoms with van der Waals surface area (Å²) in [6.07, 6.45) is 3.46. The predicted molar refractivity (Wildman–Crippen MR) is 84.0 cm³/mol. The van der Waals surface area contributed by atoms with Gasteiger partial charge in [-0.25, -0.2) is 0 Å². The first-order valence-electron chi connectivity index (χ1n) is 7.72. The van der Waals surface area contributed by atoms with E-state index in [1.54, 1.807) is 0 Å². The van der Waals surface area contributed by atoms with E-state index < -0.39 is 0 Å². The minimum absolute atomic E-state index is 0.215. The lowest BCUT2D eigenvalue weighted by molar-refractivity contribution is 0.242. The van der Waals surface area contributed by atoms with Gasteiger partial charge in [0.1, 0.15) is 5.75 Å². The lowest BCUT2D eigenvalue weighted by Gasteiger charge is -2.16. The van der Waals surface area contributed by atoms with Crippen molar-refractivity contribution >= 4 is 0 Å². The van der Waals surface area contributed by atoms with Crippen molar-refractivity contribution in [1.82, 2.24) is 5.32 Å². The van der Waals surface area contributed by atoms with Gasteiger partial charge in [0.05, 0.1) is 6.10 Å². The second kappa shape index (κ2) is 9.78. The highest BCUT2D eigenvalue weighted by molar-refractivity contribution is 5.27. The summed E-state index contributed by atoms with van der Waals surface area (Å²) in [5.41, 5.74) is 1.26. The Morgan fingerprint density at radius 1 is 1.15 bits per heavy atom. The van der Waals surface area contributed by atoms with Crippen molar-refractivity contribution in [3.05, 3.63) is 29.8 Å². The number of hydrogen-bond donors (Lipinski definition) is 2. The van der Waals surface area contributed by atoms with E-state index in [2.05, 4.69) is 24.4 Å². The Bertz CT molecular complexity index is 343. The van der Waals surface area contributed by atoms with Crippen LogP contribution in [-0.2, 0) is 6.54 Å². The van der Waals surface area contributed by atoms with Gasteiger partial charge in [0.2, 0.25) is 0 Å². The molecule has 0 amide bonds. The molecule has 0 saturated carbocycles. The van der Waals surface area contributed by atoms with Crippen LogP contribution in [0.5, 0.6) is 5.75 Å². The highest BCUT2D eigenvalue weighted by Crippen LogP contribution is 2.14. The molecule has 0 aliphatic carbocycles. The second-order valence-electron chi connectivity index (χ2n) is 5.61. The monoisotopic (exact) mass is 279 g/mol. The third-order valence-electron chi connectivity index (χ3n) is 3.29. The third kappa shape index (κ3) is 6.92. The molecule has 1 rings (SSSR count). The van der Waals surface area contributed by atoms with Gasteiger partial charge in [0, 0.05) is 13.2 Å². The Morgan fingerprint density at radius 2 is 1.85 bits per heavy atom. The fraction of sp³-hybridized carbons (Fsp3) is 0.647. The van der Waals surface area contributed by atoms with Gasteiger partial charge in [0.25, 0.3) is 0 Å². The lowest BCUT2D eigenvalue weighted by atomic mass is 10.0. The molecular formula is C17H29NO2. The first-order valence-corrected chi connectivity index (χ1v) is 7.72. The van der Waals surface area contributed by atoms with E-state index in [9.17, 15) is 0 Å². The third-order valence-corrected chi connectivity index (χ3v) is 3.29. The van der Waals surface area contributed by atoms with Crippen LogP contribution >= 0.6 is 0 Å². The van der Waals surface area contributed by atoms with Gasteiger partial charge < -0.3 is 15.2 Å². The van der Waals surface area contributed by atoms with Gasteiger partial charge in [-0.05, 0) is 56.8 Å². The van der Waals surface area contributed by atoms with E-state index in [1.807, 2.05) is 26.0 Å². The SMILES string of the molecule is CCCC(CCO)CNCc1ccc(OC(C)C)cc1. The standard InChI is InChI=1S/C17H29NO2/c1-4-5-15(10-11-19)12-18-13-16-6-8-17(9-7-16)20-14(2)3/h6-9,14-15,18-19H,4-5,10-13H2,1-3H3. The van der Waals surface area contributed by atoms with E-state index >= 15 is 0 Å². The zero-order valence-electron chi connectivity index (χ0n) is 13.1. The summed E-state index contributed by atoms with van der Waals surface area (Å²) < 4.78 is 5.63. The van der Waals surface area contributed by atoms with E-state index in [0.29, 0.717) is 5.92 Å². The van der Waals surface area contributed by atoms with Crippen LogP contribution in [0.25, 0.3) is 0 Å². The first-order chi connectivity index (χ1) is 9.65. The Hall–Kier alpha value is -1.06. The molecule has 114 valence electrons. The highest BCUT2D eigenvalue weighted by atomic mass is 16.5. The van der Waals surface area contributed by atoms with Crippen molar-refractivity contribution in [2.45, 2.75) is 52.7 Å². The molecule has 1 aromatic rings. The minimum atomic E-state index is 0.215. The molecule has 20 heavy (non-hydrogen) atoms. The van der Waals surface area contributed by atoms with Crippen molar-refractivity contribution in [1.29, 1.82) is 0 Å². The Kier molecular flexibility index (Phi) is 8.31. The molecule has 0 aliphatic heterocycles. The Labute approximate surface area is 123 Å². The molecule has 0 aliphatic rings. The molecule has 0 bridgehead atoms. The van der Waals surface area contributed by atoms with E-state index in [4.69, 9.17) is 9.84 Å². The van der Waals surface area contributed by atoms with Crippen LogP contribution in [0.1, 0.15) is 45.6 Å². The molecule has 0 spiro atoms. The average molecular weight is 279 g/mol. The largest absolute Gasteiger partial charge is 0.491 e. The highest BCUT2D eigenvalue weighted by Gasteiger charge is 2.06. The molecular weight excluding hydrogens is 250 g/mol. The van der Waals surface area contributed by atoms with E-state index in [-0.39, 0.29) is 12.7 Å². The predicted octanol–water partition coefficient (Wildman–Crippen LogP) is 3.36. The van der Waals surface area contributed by atoms with Crippen LogP contribution in [-0.4, -0.2) is 24.4 Å². The maximum atomic E-state index is 9.04. The van der Waals surface area contributed by atoms with Gasteiger partial charge >= 0.3 is 0 Å². The van der Waals surface area contributed by atoms with Crippen LogP contribution in [0.4, 0.5) is 0 Å². The quantitative estimate of drug-likeness (QED) is 0.690. The first kappa shape index (κ1) is 17.0. The van der Waals surface area contributed by atoms with Gasteiger partial charge in [-0.15, -0.1) is 0 Å². The normalized spacial score (nSPS) is 12.7. The Balaban J connectivity index is 2.33. The summed E-state index contributed by atoms with van der Waals surface area (Å²) >= 11 is 0. The van der Waals surface area contributed by atoms with Crippen LogP contribution in [0.2, 0.25) is 0 Å². The smallest absolute Gasteiger partial charge is 0.119 e. The Morgan fingerprint density at radius 3 is 2.40 bits per heavy atom. The van der Waals surface area contributed by atoms with Crippen molar-refractivity contribution in [2.75, 3.05) is 13.2 Å². The molecule has 0 aromatic heterocycles. The summed E-state index contributed by atoms with van der Waals surface area (Å²) in [5, 5.41) is 12.5. The van der Waals surface area contributed by atoms with Gasteiger partial charge in [0.15, 0.2) is 0 Å². The molecule has 0 radical (unpaired) electrons. The molecule has 1 atom stereocenters. The number of rotatable bonds is 10. The minimum Gasteiger partial charge on any atom is -0.491 e. The fourth-order valence-electron chi connectivity index (χ4n) is 2.32. The number of benzene rings is 1. The molecule has 1 aromatic carbocycles. The second-order valence-corrected chi connectivity index (χ2v) is 5.61. The van der Waals surface area contributed by atoms with Crippen molar-refractivity contribution in [3.8, 4) is 5.75 Å². The number of aliphatic hydroxyl groups excluding tert-OH is 1. The van der Waals surface area contributed by atoms with E-state index in [0.717, 1.165) is 25.3 Å². The van der Waals surface area contributed by atoms with Gasteiger partial charge in [-0.2, -0.15) is 0 Å². The van der Waals surface area contributed by atoms with Crippen molar-refractivity contribution in [3.63, 3.8) is 0 Å². The summed E-state index contributed by atoms with van der Waals surface area (Å²) in [5.74, 6) is 1.50. The van der Waals surface area contributed by atoms with Crippen LogP contribution < -0.4 is 10.1 Å². The number of nitrogens with one attached hydrogen (secondary N) is 1. The average Bonchev–Trinajstić information content (AvgIpc) is 2.40. The molecule has 3 nitrogen and oxygen atoms in total. The molecule has 0 saturated heterocycles. The number of aliphatic hydroxyl groups is 1. The van der Waals surface area contributed by atoms with Gasteiger partial charge in [-0.3, -0.25) is 0 Å². The van der Waals surface area contributed by atoms with Crippen molar-refractivity contribution < 1.29 is 9.84 Å². The van der Waals surface area contributed by atoms with Crippen LogP contribution in [0.3, 0.4) is 0 Å². The summed E-state index contributed by atoms with van der Waals surface area (Å²) in [4.78, 5) is 0. The fourth-order valence-corrected chi connectivity index (χ4v) is 2.32. The van der Waals surface area contributed by atoms with E-state index in [1.165, 1.54) is 18.4 Å². The van der Waals surface area contributed by atoms with Crippen LogP contribution in [0.15, 0.2) is 24.3 Å². The zero-order chi connectivity index (χ0) is 14.8.